The van der Waals surface area contributed by atoms with Crippen LogP contribution in [0.4, 0.5) is 0 Å². The summed E-state index contributed by atoms with van der Waals surface area (Å²) in [6.45, 7) is 1.97. The van der Waals surface area contributed by atoms with Crippen molar-refractivity contribution >= 4 is 11.8 Å². The molecule has 0 spiro atoms. The van der Waals surface area contributed by atoms with Crippen molar-refractivity contribution in [2.75, 3.05) is 26.9 Å². The summed E-state index contributed by atoms with van der Waals surface area (Å²) in [4.78, 5) is 24.0. The highest BCUT2D eigenvalue weighted by Gasteiger charge is 2.17. The van der Waals surface area contributed by atoms with Crippen LogP contribution in [0.15, 0.2) is 48.5 Å². The smallest absolute Gasteiger partial charge is 0.224 e. The standard InChI is InChI=1S/C24H30N2O5/c1-29-22-14-19(9-10-21(22)31-17-20-8-5-13-30-20)16-26-23(27)11-12-25-24(28)15-18-6-3-2-4-7-18/h2-4,6-7,9-10,14,20H,5,8,11-13,15-17H2,1H3,(H,25,28)(H,26,27). The molecule has 2 aromatic carbocycles. The highest BCUT2D eigenvalue weighted by atomic mass is 16.5. The van der Waals surface area contributed by atoms with Gasteiger partial charge >= 0.3 is 0 Å². The Morgan fingerprint density at radius 2 is 1.87 bits per heavy atom. The Bertz CT molecular complexity index is 850. The normalized spacial score (nSPS) is 15.3. The molecule has 1 unspecified atom stereocenters. The molecule has 31 heavy (non-hydrogen) atoms. The second kappa shape index (κ2) is 12.0. The molecular weight excluding hydrogens is 396 g/mol. The molecule has 0 aromatic heterocycles. The molecule has 2 N–H and O–H groups in total. The molecule has 0 radical (unpaired) electrons. The number of ether oxygens (including phenoxy) is 3. The van der Waals surface area contributed by atoms with Crippen LogP contribution in [-0.2, 0) is 27.3 Å². The minimum Gasteiger partial charge on any atom is -0.493 e. The maximum atomic E-state index is 12.1. The Labute approximate surface area is 183 Å². The zero-order valence-electron chi connectivity index (χ0n) is 17.9. The lowest BCUT2D eigenvalue weighted by atomic mass is 10.1. The number of hydrogen-bond acceptors (Lipinski definition) is 5. The second-order valence-corrected chi connectivity index (χ2v) is 7.47. The summed E-state index contributed by atoms with van der Waals surface area (Å²) in [6, 6.07) is 15.1. The lowest BCUT2D eigenvalue weighted by Gasteiger charge is -2.15. The summed E-state index contributed by atoms with van der Waals surface area (Å²) in [5, 5.41) is 5.64. The van der Waals surface area contributed by atoms with E-state index in [-0.39, 0.29) is 24.3 Å². The van der Waals surface area contributed by atoms with Crippen molar-refractivity contribution < 1.29 is 23.8 Å². The molecule has 1 atom stereocenters. The first-order valence-corrected chi connectivity index (χ1v) is 10.6. The van der Waals surface area contributed by atoms with Gasteiger partial charge in [0.25, 0.3) is 0 Å². The third-order valence-electron chi connectivity index (χ3n) is 5.05. The van der Waals surface area contributed by atoms with E-state index >= 15 is 0 Å². The van der Waals surface area contributed by atoms with Crippen LogP contribution in [0.25, 0.3) is 0 Å². The fraction of sp³-hybridized carbons (Fsp3) is 0.417. The van der Waals surface area contributed by atoms with E-state index in [0.717, 1.165) is 30.6 Å². The first-order valence-electron chi connectivity index (χ1n) is 10.6. The molecular formula is C24H30N2O5. The number of hydrogen-bond donors (Lipinski definition) is 2. The fourth-order valence-electron chi connectivity index (χ4n) is 3.35. The van der Waals surface area contributed by atoms with Crippen LogP contribution in [0.2, 0.25) is 0 Å². The Balaban J connectivity index is 1.37. The van der Waals surface area contributed by atoms with E-state index < -0.39 is 0 Å². The van der Waals surface area contributed by atoms with Crippen LogP contribution >= 0.6 is 0 Å². The quantitative estimate of drug-likeness (QED) is 0.577. The average Bonchev–Trinajstić information content (AvgIpc) is 3.31. The lowest BCUT2D eigenvalue weighted by Crippen LogP contribution is -2.31. The number of methoxy groups -OCH3 is 1. The van der Waals surface area contributed by atoms with E-state index in [9.17, 15) is 9.59 Å². The van der Waals surface area contributed by atoms with E-state index in [1.165, 1.54) is 0 Å². The predicted octanol–water partition coefficient (Wildman–Crippen LogP) is 2.62. The molecule has 1 fully saturated rings. The van der Waals surface area contributed by atoms with E-state index in [1.807, 2.05) is 48.5 Å². The van der Waals surface area contributed by atoms with Gasteiger partial charge < -0.3 is 24.8 Å². The molecule has 1 aliphatic heterocycles. The van der Waals surface area contributed by atoms with E-state index in [1.54, 1.807) is 7.11 Å². The van der Waals surface area contributed by atoms with Crippen LogP contribution in [0.1, 0.15) is 30.4 Å². The van der Waals surface area contributed by atoms with Gasteiger partial charge in [0.2, 0.25) is 11.8 Å². The number of amides is 2. The maximum Gasteiger partial charge on any atom is 0.224 e. The average molecular weight is 427 g/mol. The fourth-order valence-corrected chi connectivity index (χ4v) is 3.35. The van der Waals surface area contributed by atoms with Gasteiger partial charge in [0.15, 0.2) is 11.5 Å². The number of carbonyl (C=O) groups excluding carboxylic acids is 2. The van der Waals surface area contributed by atoms with E-state index in [0.29, 0.717) is 37.6 Å². The van der Waals surface area contributed by atoms with Crippen molar-refractivity contribution in [1.82, 2.24) is 10.6 Å². The number of nitrogens with one attached hydrogen (secondary N) is 2. The summed E-state index contributed by atoms with van der Waals surface area (Å²) in [6.07, 6.45) is 2.75. The third kappa shape index (κ3) is 7.61. The molecule has 1 heterocycles. The van der Waals surface area contributed by atoms with Crippen molar-refractivity contribution in [1.29, 1.82) is 0 Å². The van der Waals surface area contributed by atoms with Gasteiger partial charge in [0.05, 0.1) is 19.6 Å². The maximum absolute atomic E-state index is 12.1. The van der Waals surface area contributed by atoms with Crippen molar-refractivity contribution in [3.8, 4) is 11.5 Å². The van der Waals surface area contributed by atoms with Gasteiger partial charge in [0, 0.05) is 26.1 Å². The number of benzene rings is 2. The molecule has 1 aliphatic rings. The SMILES string of the molecule is COc1cc(CNC(=O)CCNC(=O)Cc2ccccc2)ccc1OCC1CCCO1. The highest BCUT2D eigenvalue weighted by molar-refractivity contribution is 5.80. The first kappa shape index (κ1) is 22.6. The Morgan fingerprint density at radius 1 is 1.03 bits per heavy atom. The zero-order valence-corrected chi connectivity index (χ0v) is 17.9. The van der Waals surface area contributed by atoms with Crippen LogP contribution in [0, 0.1) is 0 Å². The molecule has 166 valence electrons. The zero-order chi connectivity index (χ0) is 21.9. The van der Waals surface area contributed by atoms with Gasteiger partial charge in [-0.2, -0.15) is 0 Å². The predicted molar refractivity (Wildman–Crippen MR) is 117 cm³/mol. The Hall–Kier alpha value is -3.06. The molecule has 0 bridgehead atoms. The number of carbonyl (C=O) groups is 2. The molecule has 2 aromatic rings. The highest BCUT2D eigenvalue weighted by Crippen LogP contribution is 2.29. The molecule has 7 nitrogen and oxygen atoms in total. The van der Waals surface area contributed by atoms with Crippen molar-refractivity contribution in [3.63, 3.8) is 0 Å². The Morgan fingerprint density at radius 3 is 2.61 bits per heavy atom. The minimum atomic E-state index is -0.127. The van der Waals surface area contributed by atoms with Gasteiger partial charge in [-0.05, 0) is 36.1 Å². The largest absolute Gasteiger partial charge is 0.493 e. The summed E-state index contributed by atoms with van der Waals surface area (Å²) >= 11 is 0. The van der Waals surface area contributed by atoms with Crippen molar-refractivity contribution in [2.45, 2.75) is 38.3 Å². The lowest BCUT2D eigenvalue weighted by molar-refractivity contribution is -0.122. The monoisotopic (exact) mass is 426 g/mol. The second-order valence-electron chi connectivity index (χ2n) is 7.47. The third-order valence-corrected chi connectivity index (χ3v) is 5.05. The van der Waals surface area contributed by atoms with Gasteiger partial charge in [-0.15, -0.1) is 0 Å². The summed E-state index contributed by atoms with van der Waals surface area (Å²) in [5.74, 6) is 1.06. The summed E-state index contributed by atoms with van der Waals surface area (Å²) in [7, 11) is 1.59. The summed E-state index contributed by atoms with van der Waals surface area (Å²) < 4.78 is 16.8. The summed E-state index contributed by atoms with van der Waals surface area (Å²) in [5.41, 5.74) is 1.85. The molecule has 1 saturated heterocycles. The van der Waals surface area contributed by atoms with Crippen LogP contribution < -0.4 is 20.1 Å². The van der Waals surface area contributed by atoms with Crippen molar-refractivity contribution in [2.24, 2.45) is 0 Å². The van der Waals surface area contributed by atoms with Crippen molar-refractivity contribution in [3.05, 3.63) is 59.7 Å². The van der Waals surface area contributed by atoms with Crippen LogP contribution in [0.3, 0.4) is 0 Å². The molecule has 0 saturated carbocycles. The van der Waals surface area contributed by atoms with Crippen LogP contribution in [0.5, 0.6) is 11.5 Å². The minimum absolute atomic E-state index is 0.0951. The van der Waals surface area contributed by atoms with E-state index in [4.69, 9.17) is 14.2 Å². The molecule has 3 rings (SSSR count). The molecule has 0 aliphatic carbocycles. The topological polar surface area (TPSA) is 85.9 Å². The van der Waals surface area contributed by atoms with Gasteiger partial charge in [0.1, 0.15) is 6.61 Å². The Kier molecular flexibility index (Phi) is 8.72. The first-order chi connectivity index (χ1) is 15.1. The van der Waals surface area contributed by atoms with E-state index in [2.05, 4.69) is 10.6 Å². The van der Waals surface area contributed by atoms with Crippen LogP contribution in [-0.4, -0.2) is 44.8 Å². The van der Waals surface area contributed by atoms with Gasteiger partial charge in [-0.1, -0.05) is 36.4 Å². The molecule has 2 amide bonds. The van der Waals surface area contributed by atoms with Gasteiger partial charge in [-0.3, -0.25) is 9.59 Å². The van der Waals surface area contributed by atoms with Gasteiger partial charge in [-0.25, -0.2) is 0 Å². The molecule has 7 heteroatoms. The number of rotatable bonds is 11.